The zero-order chi connectivity index (χ0) is 21.2. The molecule has 0 spiro atoms. The SMILES string of the molecule is CCCCCCCCNC(=O)Oc1cscc1OC(=O)NCCCCCCCC. The fourth-order valence-corrected chi connectivity index (χ4v) is 3.53. The van der Waals surface area contributed by atoms with Crippen LogP contribution >= 0.6 is 11.3 Å². The van der Waals surface area contributed by atoms with Gasteiger partial charge in [-0.2, -0.15) is 0 Å². The van der Waals surface area contributed by atoms with Crippen LogP contribution in [0.25, 0.3) is 0 Å². The molecule has 0 saturated carbocycles. The van der Waals surface area contributed by atoms with Crippen molar-refractivity contribution < 1.29 is 19.1 Å². The van der Waals surface area contributed by atoms with E-state index in [1.807, 2.05) is 0 Å². The van der Waals surface area contributed by atoms with Crippen LogP contribution in [-0.4, -0.2) is 25.3 Å². The van der Waals surface area contributed by atoms with Crippen molar-refractivity contribution in [3.8, 4) is 11.5 Å². The van der Waals surface area contributed by atoms with Crippen molar-refractivity contribution in [1.82, 2.24) is 10.6 Å². The maximum absolute atomic E-state index is 11.9. The zero-order valence-corrected chi connectivity index (χ0v) is 18.9. The number of amides is 2. The number of rotatable bonds is 16. The molecule has 0 unspecified atom stereocenters. The molecule has 1 aromatic heterocycles. The van der Waals surface area contributed by atoms with Crippen LogP contribution in [-0.2, 0) is 0 Å². The Bertz CT molecular complexity index is 516. The summed E-state index contributed by atoms with van der Waals surface area (Å²) in [5.74, 6) is 0.537. The lowest BCUT2D eigenvalue weighted by molar-refractivity contribution is 0.190. The van der Waals surface area contributed by atoms with Gasteiger partial charge < -0.3 is 20.1 Å². The minimum Gasteiger partial charge on any atom is -0.405 e. The highest BCUT2D eigenvalue weighted by atomic mass is 32.1. The molecule has 1 aromatic rings. The third-order valence-electron chi connectivity index (χ3n) is 4.60. The van der Waals surface area contributed by atoms with Crippen molar-refractivity contribution in [2.45, 2.75) is 90.9 Å². The molecule has 0 bridgehead atoms. The van der Waals surface area contributed by atoms with E-state index in [4.69, 9.17) is 9.47 Å². The van der Waals surface area contributed by atoms with Gasteiger partial charge in [0.05, 0.1) is 0 Å². The normalized spacial score (nSPS) is 10.6. The third-order valence-corrected chi connectivity index (χ3v) is 5.30. The minimum absolute atomic E-state index is 0.269. The van der Waals surface area contributed by atoms with Crippen molar-refractivity contribution in [2.75, 3.05) is 13.1 Å². The molecule has 1 rings (SSSR count). The van der Waals surface area contributed by atoms with Crippen LogP contribution in [0.5, 0.6) is 11.5 Å². The lowest BCUT2D eigenvalue weighted by Gasteiger charge is -2.09. The van der Waals surface area contributed by atoms with E-state index in [-0.39, 0.29) is 11.5 Å². The number of hydrogen-bond acceptors (Lipinski definition) is 5. The van der Waals surface area contributed by atoms with E-state index in [1.165, 1.54) is 62.7 Å². The maximum Gasteiger partial charge on any atom is 0.412 e. The van der Waals surface area contributed by atoms with Gasteiger partial charge in [0.25, 0.3) is 0 Å². The van der Waals surface area contributed by atoms with E-state index in [0.29, 0.717) is 13.1 Å². The molecule has 166 valence electrons. The first-order chi connectivity index (χ1) is 14.2. The number of thiophene rings is 1. The maximum atomic E-state index is 11.9. The Kier molecular flexibility index (Phi) is 14.9. The van der Waals surface area contributed by atoms with Gasteiger partial charge in [-0.05, 0) is 12.8 Å². The van der Waals surface area contributed by atoms with Gasteiger partial charge in [-0.25, -0.2) is 9.59 Å². The van der Waals surface area contributed by atoms with Gasteiger partial charge >= 0.3 is 12.2 Å². The highest BCUT2D eigenvalue weighted by Gasteiger charge is 2.14. The Labute approximate surface area is 179 Å². The first-order valence-corrected chi connectivity index (χ1v) is 12.1. The first-order valence-electron chi connectivity index (χ1n) is 11.1. The van der Waals surface area contributed by atoms with E-state index >= 15 is 0 Å². The number of unbranched alkanes of at least 4 members (excludes halogenated alkanes) is 10. The Morgan fingerprint density at radius 1 is 0.690 bits per heavy atom. The van der Waals surface area contributed by atoms with Gasteiger partial charge in [0.1, 0.15) is 0 Å². The number of carbonyl (C=O) groups is 2. The molecule has 0 aliphatic carbocycles. The van der Waals surface area contributed by atoms with Crippen LogP contribution < -0.4 is 20.1 Å². The minimum atomic E-state index is -0.519. The molecule has 7 heteroatoms. The number of hydrogen-bond donors (Lipinski definition) is 2. The fourth-order valence-electron chi connectivity index (χ4n) is 2.89. The summed E-state index contributed by atoms with van der Waals surface area (Å²) in [6.45, 7) is 5.56. The molecule has 0 aromatic carbocycles. The van der Waals surface area contributed by atoms with Crippen molar-refractivity contribution in [2.24, 2.45) is 0 Å². The van der Waals surface area contributed by atoms with Gasteiger partial charge in [0.2, 0.25) is 0 Å². The molecule has 1 heterocycles. The average Bonchev–Trinajstić information content (AvgIpc) is 3.13. The van der Waals surface area contributed by atoms with Gasteiger partial charge in [0, 0.05) is 23.8 Å². The van der Waals surface area contributed by atoms with Crippen molar-refractivity contribution in [3.63, 3.8) is 0 Å². The Balaban J connectivity index is 2.17. The predicted molar refractivity (Wildman–Crippen MR) is 119 cm³/mol. The van der Waals surface area contributed by atoms with Crippen LogP contribution in [0, 0.1) is 0 Å². The standard InChI is InChI=1S/C22H38N2O4S/c1-3-5-7-9-11-13-15-23-21(25)27-19-17-29-18-20(19)28-22(26)24-16-14-12-10-8-6-4-2/h17-18H,3-16H2,1-2H3,(H,23,25)(H,24,26). The summed E-state index contributed by atoms with van der Waals surface area (Å²) < 4.78 is 10.5. The molecule has 6 nitrogen and oxygen atoms in total. The summed E-state index contributed by atoms with van der Waals surface area (Å²) >= 11 is 1.32. The number of ether oxygens (including phenoxy) is 2. The molecule has 0 fully saturated rings. The van der Waals surface area contributed by atoms with Crippen molar-refractivity contribution in [3.05, 3.63) is 10.8 Å². The van der Waals surface area contributed by atoms with Crippen LogP contribution in [0.3, 0.4) is 0 Å². The predicted octanol–water partition coefficient (Wildman–Crippen LogP) is 6.65. The quantitative estimate of drug-likeness (QED) is 0.290. The second-order valence-corrected chi connectivity index (χ2v) is 8.01. The van der Waals surface area contributed by atoms with Crippen LogP contribution in [0.4, 0.5) is 9.59 Å². The van der Waals surface area contributed by atoms with Crippen LogP contribution in [0.1, 0.15) is 90.9 Å². The molecular formula is C22H38N2O4S. The average molecular weight is 427 g/mol. The zero-order valence-electron chi connectivity index (χ0n) is 18.1. The third kappa shape index (κ3) is 13.2. The Morgan fingerprint density at radius 3 is 1.48 bits per heavy atom. The summed E-state index contributed by atoms with van der Waals surface area (Å²) in [5.41, 5.74) is 0. The molecule has 0 atom stereocenters. The van der Waals surface area contributed by atoms with Crippen molar-refractivity contribution >= 4 is 23.5 Å². The van der Waals surface area contributed by atoms with E-state index in [0.717, 1.165) is 25.7 Å². The summed E-state index contributed by atoms with van der Waals surface area (Å²) in [7, 11) is 0. The smallest absolute Gasteiger partial charge is 0.405 e. The second kappa shape index (κ2) is 17.1. The molecular weight excluding hydrogens is 388 g/mol. The topological polar surface area (TPSA) is 76.7 Å². The Morgan fingerprint density at radius 2 is 1.07 bits per heavy atom. The monoisotopic (exact) mass is 426 g/mol. The number of nitrogens with one attached hydrogen (secondary N) is 2. The van der Waals surface area contributed by atoms with Gasteiger partial charge in [-0.1, -0.05) is 78.1 Å². The molecule has 0 saturated heterocycles. The van der Waals surface area contributed by atoms with Crippen molar-refractivity contribution in [1.29, 1.82) is 0 Å². The molecule has 0 aliphatic rings. The van der Waals surface area contributed by atoms with E-state index in [9.17, 15) is 9.59 Å². The van der Waals surface area contributed by atoms with E-state index < -0.39 is 12.2 Å². The molecule has 0 aliphatic heterocycles. The summed E-state index contributed by atoms with van der Waals surface area (Å²) in [6, 6.07) is 0. The Hall–Kier alpha value is -1.76. The van der Waals surface area contributed by atoms with Gasteiger partial charge in [-0.3, -0.25) is 0 Å². The summed E-state index contributed by atoms with van der Waals surface area (Å²) in [5, 5.41) is 8.79. The van der Waals surface area contributed by atoms with Crippen LogP contribution in [0.2, 0.25) is 0 Å². The van der Waals surface area contributed by atoms with E-state index in [1.54, 1.807) is 10.8 Å². The molecule has 2 amide bonds. The largest absolute Gasteiger partial charge is 0.412 e. The number of carbonyl (C=O) groups excluding carboxylic acids is 2. The summed E-state index contributed by atoms with van der Waals surface area (Å²) in [6.07, 6.45) is 12.9. The second-order valence-electron chi connectivity index (χ2n) is 7.27. The fraction of sp³-hybridized carbons (Fsp3) is 0.727. The van der Waals surface area contributed by atoms with Gasteiger partial charge in [-0.15, -0.1) is 11.3 Å². The highest BCUT2D eigenvalue weighted by molar-refractivity contribution is 7.08. The summed E-state index contributed by atoms with van der Waals surface area (Å²) in [4.78, 5) is 23.8. The van der Waals surface area contributed by atoms with Crippen LogP contribution in [0.15, 0.2) is 10.8 Å². The lowest BCUT2D eigenvalue weighted by Crippen LogP contribution is -2.29. The highest BCUT2D eigenvalue weighted by Crippen LogP contribution is 2.31. The molecule has 0 radical (unpaired) electrons. The van der Waals surface area contributed by atoms with Gasteiger partial charge in [0.15, 0.2) is 11.5 Å². The molecule has 29 heavy (non-hydrogen) atoms. The lowest BCUT2D eigenvalue weighted by atomic mass is 10.1. The van der Waals surface area contributed by atoms with E-state index in [2.05, 4.69) is 24.5 Å². The molecule has 2 N–H and O–H groups in total. The first kappa shape index (κ1) is 25.3.